The van der Waals surface area contributed by atoms with Gasteiger partial charge in [-0.3, -0.25) is 0 Å². The number of aromatic nitrogens is 3. The molecule has 0 amide bonds. The van der Waals surface area contributed by atoms with Gasteiger partial charge in [-0.2, -0.15) is 0 Å². The molecule has 15 aromatic rings. The Morgan fingerprint density at radius 1 is 0.313 bits per heavy atom. The Morgan fingerprint density at radius 2 is 0.866 bits per heavy atom. The monoisotopic (exact) mass is 857 g/mol. The minimum Gasteiger partial charge on any atom is -0.309 e. The molecular weight excluding hydrogens is 811 g/mol. The third-order valence-corrected chi connectivity index (χ3v) is 15.5. The standard InChI is InChI=1S/C64H47N3/c1-63(2,3)39-25-27-53-46(33-39)47-30-37-17-11-13-21-43(37)58-59-55(66(53)62(47)58)29-28-54-57(59)50-35-40(64(4,5)6)34-49-48-31-36-16-10-12-20-42(36)56(61(48)67(54)60(49)50)38-24-26-52-45(32-38)44-22-14-15-23-51(44)65(52)41-18-8-7-9-19-41/h7-35H,1-6H3. The zero-order valence-corrected chi connectivity index (χ0v) is 38.6. The summed E-state index contributed by atoms with van der Waals surface area (Å²) >= 11 is 0. The van der Waals surface area contributed by atoms with Crippen molar-refractivity contribution in [1.82, 2.24) is 13.4 Å². The van der Waals surface area contributed by atoms with Gasteiger partial charge in [0.05, 0.1) is 44.1 Å². The molecule has 0 bridgehead atoms. The molecule has 67 heavy (non-hydrogen) atoms. The molecule has 0 atom stereocenters. The average Bonchev–Trinajstić information content (AvgIpc) is 4.12. The van der Waals surface area contributed by atoms with Crippen LogP contribution >= 0.6 is 0 Å². The lowest BCUT2D eigenvalue weighted by molar-refractivity contribution is 0.591. The van der Waals surface area contributed by atoms with Gasteiger partial charge in [0, 0.05) is 65.1 Å². The van der Waals surface area contributed by atoms with Crippen LogP contribution in [0.1, 0.15) is 52.7 Å². The summed E-state index contributed by atoms with van der Waals surface area (Å²) in [4.78, 5) is 0. The highest BCUT2D eigenvalue weighted by Crippen LogP contribution is 2.52. The van der Waals surface area contributed by atoms with E-state index < -0.39 is 0 Å². The first-order valence-electron chi connectivity index (χ1n) is 23.9. The van der Waals surface area contributed by atoms with Crippen molar-refractivity contribution >= 4 is 120 Å². The molecule has 0 spiro atoms. The zero-order chi connectivity index (χ0) is 44.8. The van der Waals surface area contributed by atoms with Crippen molar-refractivity contribution in [2.75, 3.05) is 0 Å². The summed E-state index contributed by atoms with van der Waals surface area (Å²) in [5, 5.41) is 18.3. The van der Waals surface area contributed by atoms with E-state index in [9.17, 15) is 0 Å². The fourth-order valence-corrected chi connectivity index (χ4v) is 12.4. The van der Waals surface area contributed by atoms with Crippen LogP contribution in [0.15, 0.2) is 176 Å². The maximum Gasteiger partial charge on any atom is 0.0627 e. The van der Waals surface area contributed by atoms with E-state index in [0.29, 0.717) is 0 Å². The van der Waals surface area contributed by atoms with Crippen LogP contribution in [0.5, 0.6) is 0 Å². The Balaban J connectivity index is 1.15. The number of hydrogen-bond acceptors (Lipinski definition) is 0. The normalized spacial score (nSPS) is 13.2. The number of rotatable bonds is 2. The van der Waals surface area contributed by atoms with Crippen LogP contribution in [0.25, 0.3) is 136 Å². The molecule has 5 aromatic heterocycles. The van der Waals surface area contributed by atoms with Crippen molar-refractivity contribution in [3.8, 4) is 16.8 Å². The fraction of sp³-hybridized carbons (Fsp3) is 0.125. The van der Waals surface area contributed by atoms with E-state index in [-0.39, 0.29) is 10.8 Å². The van der Waals surface area contributed by atoms with Crippen LogP contribution in [0.3, 0.4) is 0 Å². The summed E-state index contributed by atoms with van der Waals surface area (Å²) in [5.41, 5.74) is 16.5. The van der Waals surface area contributed by atoms with Crippen molar-refractivity contribution in [2.45, 2.75) is 52.4 Å². The van der Waals surface area contributed by atoms with Crippen LogP contribution in [0.2, 0.25) is 0 Å². The third-order valence-electron chi connectivity index (χ3n) is 15.5. The summed E-state index contributed by atoms with van der Waals surface area (Å²) < 4.78 is 7.67. The molecule has 0 radical (unpaired) electrons. The highest BCUT2D eigenvalue weighted by molar-refractivity contribution is 6.40. The lowest BCUT2D eigenvalue weighted by atomic mass is 9.84. The van der Waals surface area contributed by atoms with Gasteiger partial charge in [0.1, 0.15) is 0 Å². The van der Waals surface area contributed by atoms with Crippen molar-refractivity contribution < 1.29 is 0 Å². The first kappa shape index (κ1) is 37.4. The van der Waals surface area contributed by atoms with Gasteiger partial charge in [-0.15, -0.1) is 0 Å². The van der Waals surface area contributed by atoms with Crippen LogP contribution < -0.4 is 0 Å². The van der Waals surface area contributed by atoms with E-state index in [1.165, 1.54) is 147 Å². The SMILES string of the molecule is CC(C)(C)c1ccc2c(c1)c1cc3ccccc3c3c4c5c6cc(C(C)(C)C)cc7c8cc9ccccc9c(-c9ccc%10c(c9)c9ccccc9n%10-c9ccccc9)c8n(c5ccc4n2c13)c76. The summed E-state index contributed by atoms with van der Waals surface area (Å²) in [6, 6.07) is 67.0. The van der Waals surface area contributed by atoms with Crippen molar-refractivity contribution in [3.05, 3.63) is 187 Å². The van der Waals surface area contributed by atoms with E-state index in [1.54, 1.807) is 0 Å². The van der Waals surface area contributed by atoms with Crippen molar-refractivity contribution in [2.24, 2.45) is 0 Å². The molecule has 0 aliphatic heterocycles. The largest absolute Gasteiger partial charge is 0.309 e. The molecule has 0 saturated heterocycles. The molecule has 0 saturated carbocycles. The highest BCUT2D eigenvalue weighted by atomic mass is 15.0. The third kappa shape index (κ3) is 4.76. The molecular formula is C64H47N3. The number of benzene rings is 10. The van der Waals surface area contributed by atoms with Gasteiger partial charge in [-0.1, -0.05) is 139 Å². The van der Waals surface area contributed by atoms with E-state index in [0.717, 1.165) is 0 Å². The van der Waals surface area contributed by atoms with E-state index in [1.807, 2.05) is 0 Å². The maximum absolute atomic E-state index is 2.66. The minimum absolute atomic E-state index is 0.0435. The Hall–Kier alpha value is -7.88. The predicted octanol–water partition coefficient (Wildman–Crippen LogP) is 17.7. The van der Waals surface area contributed by atoms with Crippen molar-refractivity contribution in [1.29, 1.82) is 0 Å². The van der Waals surface area contributed by atoms with Crippen LogP contribution in [0, 0.1) is 0 Å². The Kier molecular flexibility index (Phi) is 6.97. The summed E-state index contributed by atoms with van der Waals surface area (Å²) in [6.45, 7) is 14.1. The predicted molar refractivity (Wildman–Crippen MR) is 288 cm³/mol. The second-order valence-corrected chi connectivity index (χ2v) is 21.3. The van der Waals surface area contributed by atoms with E-state index in [4.69, 9.17) is 0 Å². The molecule has 3 nitrogen and oxygen atoms in total. The summed E-state index contributed by atoms with van der Waals surface area (Å²) in [5.74, 6) is 0. The van der Waals surface area contributed by atoms with Gasteiger partial charge >= 0.3 is 0 Å². The fourth-order valence-electron chi connectivity index (χ4n) is 12.4. The Morgan fingerprint density at radius 3 is 1.63 bits per heavy atom. The van der Waals surface area contributed by atoms with Crippen LogP contribution in [0.4, 0.5) is 0 Å². The second-order valence-electron chi connectivity index (χ2n) is 21.3. The summed E-state index contributed by atoms with van der Waals surface area (Å²) in [7, 11) is 0. The Bertz CT molecular complexity index is 4620. The average molecular weight is 858 g/mol. The summed E-state index contributed by atoms with van der Waals surface area (Å²) in [6.07, 6.45) is 0. The molecule has 5 heterocycles. The molecule has 3 heteroatoms. The van der Waals surface area contributed by atoms with Gasteiger partial charge in [0.25, 0.3) is 0 Å². The van der Waals surface area contributed by atoms with Gasteiger partial charge in [0.15, 0.2) is 0 Å². The van der Waals surface area contributed by atoms with E-state index >= 15 is 0 Å². The zero-order valence-electron chi connectivity index (χ0n) is 38.6. The number of para-hydroxylation sites is 2. The lowest BCUT2D eigenvalue weighted by Crippen LogP contribution is -2.10. The van der Waals surface area contributed by atoms with Crippen molar-refractivity contribution in [3.63, 3.8) is 0 Å². The van der Waals surface area contributed by atoms with Crippen LogP contribution in [-0.4, -0.2) is 13.4 Å². The number of nitrogens with zero attached hydrogens (tertiary/aromatic N) is 3. The maximum atomic E-state index is 2.66. The molecule has 15 rings (SSSR count). The molecule has 0 unspecified atom stereocenters. The molecule has 0 aliphatic rings. The second kappa shape index (κ2) is 12.5. The molecule has 318 valence electrons. The van der Waals surface area contributed by atoms with Crippen LogP contribution in [-0.2, 0) is 10.8 Å². The first-order chi connectivity index (χ1) is 32.5. The smallest absolute Gasteiger partial charge is 0.0627 e. The molecule has 0 fully saturated rings. The number of hydrogen-bond donors (Lipinski definition) is 0. The van der Waals surface area contributed by atoms with Gasteiger partial charge < -0.3 is 13.4 Å². The topological polar surface area (TPSA) is 13.8 Å². The quantitative estimate of drug-likeness (QED) is 0.164. The molecule has 0 N–H and O–H groups in total. The van der Waals surface area contributed by atoms with Gasteiger partial charge in [-0.25, -0.2) is 0 Å². The molecule has 10 aromatic carbocycles. The number of fused-ring (bicyclic) bond motifs is 19. The Labute approximate surface area is 387 Å². The molecule has 0 aliphatic carbocycles. The van der Waals surface area contributed by atoms with Gasteiger partial charge in [0.2, 0.25) is 0 Å². The van der Waals surface area contributed by atoms with Gasteiger partial charge in [-0.05, 0) is 128 Å². The first-order valence-corrected chi connectivity index (χ1v) is 23.9. The lowest BCUT2D eigenvalue weighted by Gasteiger charge is -2.19. The minimum atomic E-state index is -0.0730. The highest BCUT2D eigenvalue weighted by Gasteiger charge is 2.29. The van der Waals surface area contributed by atoms with E-state index in [2.05, 4.69) is 231 Å².